The third kappa shape index (κ3) is 4.51. The molecule has 4 rings (SSSR count). The zero-order chi connectivity index (χ0) is 20.2. The molecule has 0 saturated carbocycles. The van der Waals surface area contributed by atoms with Crippen LogP contribution in [-0.2, 0) is 11.3 Å². The van der Waals surface area contributed by atoms with Gasteiger partial charge in [0.2, 0.25) is 5.91 Å². The first-order chi connectivity index (χ1) is 14.1. The Morgan fingerprint density at radius 3 is 3.07 bits per heavy atom. The number of imidazole rings is 1. The van der Waals surface area contributed by atoms with Gasteiger partial charge in [0.1, 0.15) is 18.2 Å². The second-order valence-corrected chi connectivity index (χ2v) is 7.40. The van der Waals surface area contributed by atoms with Crippen molar-refractivity contribution >= 4 is 34.6 Å². The fraction of sp³-hybridized carbons (Fsp3) is 0.217. The first-order valence-corrected chi connectivity index (χ1v) is 9.99. The van der Waals surface area contributed by atoms with Crippen LogP contribution in [0.1, 0.15) is 17.8 Å². The van der Waals surface area contributed by atoms with Gasteiger partial charge in [0.15, 0.2) is 0 Å². The van der Waals surface area contributed by atoms with E-state index in [2.05, 4.69) is 20.9 Å². The molecule has 0 fully saturated rings. The van der Waals surface area contributed by atoms with Gasteiger partial charge in [0, 0.05) is 29.8 Å². The summed E-state index contributed by atoms with van der Waals surface area (Å²) >= 11 is 6.03. The average molecular weight is 408 g/mol. The average Bonchev–Trinajstić information content (AvgIpc) is 3.04. The van der Waals surface area contributed by atoms with Crippen molar-refractivity contribution in [1.82, 2.24) is 14.9 Å². The van der Waals surface area contributed by atoms with Gasteiger partial charge < -0.3 is 14.6 Å². The minimum atomic E-state index is -0.116. The Bertz CT molecular complexity index is 1110. The molecule has 6 heteroatoms. The summed E-state index contributed by atoms with van der Waals surface area (Å²) in [7, 11) is 0. The van der Waals surface area contributed by atoms with E-state index in [0.29, 0.717) is 18.2 Å². The number of carbonyl (C=O) groups is 1. The van der Waals surface area contributed by atoms with E-state index in [4.69, 9.17) is 16.3 Å². The van der Waals surface area contributed by atoms with E-state index in [9.17, 15) is 4.79 Å². The molecule has 0 aliphatic carbocycles. The predicted molar refractivity (Wildman–Crippen MR) is 116 cm³/mol. The van der Waals surface area contributed by atoms with Gasteiger partial charge >= 0.3 is 0 Å². The van der Waals surface area contributed by atoms with Gasteiger partial charge in [-0.25, -0.2) is 4.98 Å². The second kappa shape index (κ2) is 8.53. The number of nitrogens with one attached hydrogen (secondary N) is 1. The number of ether oxygens (including phenoxy) is 1. The highest BCUT2D eigenvalue weighted by Gasteiger charge is 2.10. The van der Waals surface area contributed by atoms with E-state index in [0.717, 1.165) is 46.7 Å². The SMILES string of the molecule is Cc1nc2ccccc2n1CCCNC(=O)/C=C/C1=Cc2cc(Cl)ccc2OC1. The smallest absolute Gasteiger partial charge is 0.243 e. The summed E-state index contributed by atoms with van der Waals surface area (Å²) in [6.07, 6.45) is 6.15. The molecule has 0 spiro atoms. The first-order valence-electron chi connectivity index (χ1n) is 9.61. The molecule has 1 N–H and O–H groups in total. The van der Waals surface area contributed by atoms with Crippen molar-refractivity contribution in [2.75, 3.05) is 13.2 Å². The Kier molecular flexibility index (Phi) is 5.67. The van der Waals surface area contributed by atoms with Crippen LogP contribution in [-0.4, -0.2) is 28.6 Å². The molecule has 29 heavy (non-hydrogen) atoms. The number of rotatable bonds is 6. The molecular weight excluding hydrogens is 386 g/mol. The number of benzene rings is 2. The Labute approximate surface area is 174 Å². The van der Waals surface area contributed by atoms with Crippen LogP contribution >= 0.6 is 11.6 Å². The van der Waals surface area contributed by atoms with E-state index >= 15 is 0 Å². The Balaban J connectivity index is 1.29. The lowest BCUT2D eigenvalue weighted by molar-refractivity contribution is -0.116. The van der Waals surface area contributed by atoms with E-state index in [-0.39, 0.29) is 5.91 Å². The van der Waals surface area contributed by atoms with Gasteiger partial charge in [-0.05, 0) is 55.3 Å². The van der Waals surface area contributed by atoms with Crippen LogP contribution in [0.2, 0.25) is 5.02 Å². The van der Waals surface area contributed by atoms with Crippen molar-refractivity contribution in [2.45, 2.75) is 19.9 Å². The number of aromatic nitrogens is 2. The molecule has 1 aliphatic heterocycles. The molecule has 0 saturated heterocycles. The molecule has 0 unspecified atom stereocenters. The number of aryl methyl sites for hydroxylation is 2. The predicted octanol–water partition coefficient (Wildman–Crippen LogP) is 4.54. The normalized spacial score (nSPS) is 13.2. The van der Waals surface area contributed by atoms with Crippen LogP contribution in [0.5, 0.6) is 5.75 Å². The number of amides is 1. The molecule has 0 atom stereocenters. The third-order valence-corrected chi connectivity index (χ3v) is 5.09. The van der Waals surface area contributed by atoms with Gasteiger partial charge in [-0.1, -0.05) is 29.8 Å². The number of nitrogens with zero attached hydrogens (tertiary/aromatic N) is 2. The van der Waals surface area contributed by atoms with E-state index in [1.165, 1.54) is 0 Å². The lowest BCUT2D eigenvalue weighted by atomic mass is 10.1. The number of carbonyl (C=O) groups excluding carboxylic acids is 1. The van der Waals surface area contributed by atoms with E-state index in [1.54, 1.807) is 18.2 Å². The Hall–Kier alpha value is -3.05. The molecule has 148 valence electrons. The Morgan fingerprint density at radius 2 is 2.17 bits per heavy atom. The molecule has 0 bridgehead atoms. The largest absolute Gasteiger partial charge is 0.488 e. The fourth-order valence-electron chi connectivity index (χ4n) is 3.43. The van der Waals surface area contributed by atoms with Crippen molar-refractivity contribution in [3.8, 4) is 5.75 Å². The number of fused-ring (bicyclic) bond motifs is 2. The number of para-hydroxylation sites is 2. The first kappa shape index (κ1) is 19.3. The molecule has 1 amide bonds. The van der Waals surface area contributed by atoms with Gasteiger partial charge in [-0.15, -0.1) is 0 Å². The third-order valence-electron chi connectivity index (χ3n) is 4.86. The van der Waals surface area contributed by atoms with Crippen molar-refractivity contribution in [3.63, 3.8) is 0 Å². The maximum absolute atomic E-state index is 12.1. The molecule has 5 nitrogen and oxygen atoms in total. The minimum Gasteiger partial charge on any atom is -0.488 e. The van der Waals surface area contributed by atoms with Crippen molar-refractivity contribution < 1.29 is 9.53 Å². The van der Waals surface area contributed by atoms with Crippen LogP contribution in [0.4, 0.5) is 0 Å². The molecule has 3 aromatic rings. The summed E-state index contributed by atoms with van der Waals surface area (Å²) in [5, 5.41) is 3.59. The van der Waals surface area contributed by atoms with Crippen molar-refractivity contribution in [3.05, 3.63) is 76.6 Å². The van der Waals surface area contributed by atoms with E-state index in [1.807, 2.05) is 43.3 Å². The summed E-state index contributed by atoms with van der Waals surface area (Å²) in [5.74, 6) is 1.68. The second-order valence-electron chi connectivity index (χ2n) is 6.97. The van der Waals surface area contributed by atoms with Crippen LogP contribution in [0, 0.1) is 6.92 Å². The molecule has 1 aromatic heterocycles. The fourth-order valence-corrected chi connectivity index (χ4v) is 3.61. The summed E-state index contributed by atoms with van der Waals surface area (Å²) in [6, 6.07) is 13.6. The Morgan fingerprint density at radius 1 is 1.31 bits per heavy atom. The summed E-state index contributed by atoms with van der Waals surface area (Å²) in [4.78, 5) is 16.7. The van der Waals surface area contributed by atoms with Crippen molar-refractivity contribution in [2.24, 2.45) is 0 Å². The standard InChI is InChI=1S/C23H22ClN3O2/c1-16-26-20-5-2-3-6-21(20)27(16)12-4-11-25-23(28)10-7-17-13-18-14-19(24)8-9-22(18)29-15-17/h2-3,5-10,13-14H,4,11-12,15H2,1H3,(H,25,28)/b10-7+. The summed E-state index contributed by atoms with van der Waals surface area (Å²) < 4.78 is 7.88. The maximum atomic E-state index is 12.1. The van der Waals surface area contributed by atoms with Crippen LogP contribution < -0.4 is 10.1 Å². The highest BCUT2D eigenvalue weighted by molar-refractivity contribution is 6.30. The maximum Gasteiger partial charge on any atom is 0.243 e. The van der Waals surface area contributed by atoms with Crippen LogP contribution in [0.15, 0.2) is 60.2 Å². The van der Waals surface area contributed by atoms with Gasteiger partial charge in [0.05, 0.1) is 11.0 Å². The number of hydrogen-bond donors (Lipinski definition) is 1. The van der Waals surface area contributed by atoms with Crippen molar-refractivity contribution in [1.29, 1.82) is 0 Å². The van der Waals surface area contributed by atoms with E-state index < -0.39 is 0 Å². The molecule has 0 radical (unpaired) electrons. The highest BCUT2D eigenvalue weighted by Crippen LogP contribution is 2.29. The summed E-state index contributed by atoms with van der Waals surface area (Å²) in [5.41, 5.74) is 3.98. The lowest BCUT2D eigenvalue weighted by Gasteiger charge is -2.16. The van der Waals surface area contributed by atoms with Gasteiger partial charge in [0.25, 0.3) is 0 Å². The molecular formula is C23H22ClN3O2. The number of halogens is 1. The van der Waals surface area contributed by atoms with Gasteiger partial charge in [-0.3, -0.25) is 4.79 Å². The topological polar surface area (TPSA) is 56.2 Å². The van der Waals surface area contributed by atoms with Crippen LogP contribution in [0.25, 0.3) is 17.1 Å². The van der Waals surface area contributed by atoms with Crippen LogP contribution in [0.3, 0.4) is 0 Å². The summed E-state index contributed by atoms with van der Waals surface area (Å²) in [6.45, 7) is 3.86. The zero-order valence-corrected chi connectivity index (χ0v) is 16.9. The number of hydrogen-bond acceptors (Lipinski definition) is 3. The van der Waals surface area contributed by atoms with Gasteiger partial charge in [-0.2, -0.15) is 0 Å². The quantitative estimate of drug-likeness (QED) is 0.482. The highest BCUT2D eigenvalue weighted by atomic mass is 35.5. The molecule has 2 heterocycles. The lowest BCUT2D eigenvalue weighted by Crippen LogP contribution is -2.23. The minimum absolute atomic E-state index is 0.116. The molecule has 1 aliphatic rings. The monoisotopic (exact) mass is 407 g/mol. The zero-order valence-electron chi connectivity index (χ0n) is 16.2. The molecule has 2 aromatic carbocycles.